The predicted molar refractivity (Wildman–Crippen MR) is 80.7 cm³/mol. The number of piperidine rings is 1. The van der Waals surface area contributed by atoms with E-state index in [2.05, 4.69) is 10.6 Å². The van der Waals surface area contributed by atoms with Crippen molar-refractivity contribution < 1.29 is 14.3 Å². The highest BCUT2D eigenvalue weighted by Gasteiger charge is 2.34. The molecule has 0 aromatic carbocycles. The van der Waals surface area contributed by atoms with E-state index in [9.17, 15) is 9.59 Å². The molecule has 1 amide bonds. The van der Waals surface area contributed by atoms with Crippen molar-refractivity contribution in [2.45, 2.75) is 70.5 Å². The maximum Gasteiger partial charge on any atom is 0.328 e. The van der Waals surface area contributed by atoms with Gasteiger partial charge in [-0.05, 0) is 43.9 Å². The number of ether oxygens (including phenoxy) is 1. The van der Waals surface area contributed by atoms with Gasteiger partial charge in [-0.15, -0.1) is 0 Å². The van der Waals surface area contributed by atoms with Crippen molar-refractivity contribution in [2.24, 2.45) is 11.8 Å². The van der Waals surface area contributed by atoms with Crippen LogP contribution in [0.25, 0.3) is 0 Å². The molecule has 0 spiro atoms. The summed E-state index contributed by atoms with van der Waals surface area (Å²) in [6.07, 6.45) is 5.78. The second-order valence-electron chi connectivity index (χ2n) is 6.95. The number of nitrogens with one attached hydrogen (secondary N) is 2. The van der Waals surface area contributed by atoms with Crippen LogP contribution in [0.3, 0.4) is 0 Å². The Morgan fingerprint density at radius 2 is 1.86 bits per heavy atom. The Bertz CT molecular complexity index is 372. The SMILES string of the molecule is COC(=O)[C@H](CC(C)C)NC(=O)CC1CC2CCC(C1)N2. The summed E-state index contributed by atoms with van der Waals surface area (Å²) >= 11 is 0. The van der Waals surface area contributed by atoms with Gasteiger partial charge in [0.2, 0.25) is 5.91 Å². The van der Waals surface area contributed by atoms with E-state index in [4.69, 9.17) is 4.74 Å². The van der Waals surface area contributed by atoms with Crippen LogP contribution in [0.15, 0.2) is 0 Å². The third-order valence-electron chi connectivity index (χ3n) is 4.57. The van der Waals surface area contributed by atoms with Gasteiger partial charge in [-0.3, -0.25) is 4.79 Å². The number of esters is 1. The van der Waals surface area contributed by atoms with Crippen molar-refractivity contribution in [1.29, 1.82) is 0 Å². The van der Waals surface area contributed by atoms with Crippen molar-refractivity contribution in [2.75, 3.05) is 7.11 Å². The van der Waals surface area contributed by atoms with Gasteiger partial charge < -0.3 is 15.4 Å². The zero-order valence-electron chi connectivity index (χ0n) is 13.4. The standard InChI is InChI=1S/C16H28N2O3/c1-10(2)6-14(16(20)21-3)18-15(19)9-11-7-12-4-5-13(8-11)17-12/h10-14,17H,4-9H2,1-3H3,(H,18,19)/t11?,12?,13?,14-/m0/s1. The van der Waals surface area contributed by atoms with Gasteiger partial charge in [0, 0.05) is 18.5 Å². The monoisotopic (exact) mass is 296 g/mol. The van der Waals surface area contributed by atoms with Gasteiger partial charge in [-0.1, -0.05) is 13.8 Å². The molecule has 120 valence electrons. The van der Waals surface area contributed by atoms with E-state index in [-0.39, 0.29) is 11.9 Å². The highest BCUT2D eigenvalue weighted by atomic mass is 16.5. The summed E-state index contributed by atoms with van der Waals surface area (Å²) in [5.74, 6) is 0.421. The summed E-state index contributed by atoms with van der Waals surface area (Å²) in [4.78, 5) is 24.0. The summed E-state index contributed by atoms with van der Waals surface area (Å²) in [7, 11) is 1.37. The quantitative estimate of drug-likeness (QED) is 0.731. The molecule has 2 aliphatic heterocycles. The fraction of sp³-hybridized carbons (Fsp3) is 0.875. The molecular formula is C16H28N2O3. The van der Waals surface area contributed by atoms with Crippen LogP contribution in [0.5, 0.6) is 0 Å². The molecule has 2 saturated heterocycles. The molecule has 0 aromatic rings. The molecule has 2 heterocycles. The van der Waals surface area contributed by atoms with Crippen molar-refractivity contribution in [3.8, 4) is 0 Å². The van der Waals surface area contributed by atoms with Crippen LogP contribution in [0, 0.1) is 11.8 Å². The van der Waals surface area contributed by atoms with Crippen LogP contribution in [0.4, 0.5) is 0 Å². The molecule has 0 aliphatic carbocycles. The lowest BCUT2D eigenvalue weighted by Gasteiger charge is -2.29. The van der Waals surface area contributed by atoms with Crippen LogP contribution in [-0.2, 0) is 14.3 Å². The Labute approximate surface area is 127 Å². The number of hydrogen-bond donors (Lipinski definition) is 2. The lowest BCUT2D eigenvalue weighted by atomic mass is 9.89. The number of carbonyl (C=O) groups is 2. The van der Waals surface area contributed by atoms with Crippen LogP contribution in [0.2, 0.25) is 0 Å². The van der Waals surface area contributed by atoms with Crippen molar-refractivity contribution in [3.05, 3.63) is 0 Å². The number of rotatable bonds is 6. The van der Waals surface area contributed by atoms with E-state index in [0.29, 0.717) is 36.8 Å². The van der Waals surface area contributed by atoms with Gasteiger partial charge in [0.15, 0.2) is 0 Å². The Morgan fingerprint density at radius 3 is 2.38 bits per heavy atom. The number of hydrogen-bond acceptors (Lipinski definition) is 4. The Morgan fingerprint density at radius 1 is 1.24 bits per heavy atom. The van der Waals surface area contributed by atoms with Gasteiger partial charge in [-0.2, -0.15) is 0 Å². The average molecular weight is 296 g/mol. The van der Waals surface area contributed by atoms with Gasteiger partial charge in [0.1, 0.15) is 6.04 Å². The van der Waals surface area contributed by atoms with Crippen LogP contribution in [-0.4, -0.2) is 37.1 Å². The minimum Gasteiger partial charge on any atom is -0.467 e. The number of carbonyl (C=O) groups excluding carboxylic acids is 2. The molecule has 2 rings (SSSR count). The highest BCUT2D eigenvalue weighted by molar-refractivity contribution is 5.84. The van der Waals surface area contributed by atoms with E-state index >= 15 is 0 Å². The molecule has 2 N–H and O–H groups in total. The molecule has 2 bridgehead atoms. The Kier molecular flexibility index (Phi) is 5.62. The molecule has 0 radical (unpaired) electrons. The summed E-state index contributed by atoms with van der Waals surface area (Å²) in [6.45, 7) is 4.07. The van der Waals surface area contributed by atoms with Gasteiger partial charge in [0.05, 0.1) is 7.11 Å². The molecule has 2 aliphatic rings. The third kappa shape index (κ3) is 4.70. The fourth-order valence-electron chi connectivity index (χ4n) is 3.68. The summed E-state index contributed by atoms with van der Waals surface area (Å²) in [5, 5.41) is 6.44. The minimum absolute atomic E-state index is 0.0163. The van der Waals surface area contributed by atoms with Gasteiger partial charge >= 0.3 is 5.97 Å². The zero-order chi connectivity index (χ0) is 15.4. The smallest absolute Gasteiger partial charge is 0.328 e. The number of amides is 1. The molecule has 0 aromatic heterocycles. The molecule has 2 unspecified atom stereocenters. The maximum absolute atomic E-state index is 12.2. The molecule has 3 atom stereocenters. The van der Waals surface area contributed by atoms with E-state index in [1.54, 1.807) is 0 Å². The lowest BCUT2D eigenvalue weighted by molar-refractivity contribution is -0.145. The van der Waals surface area contributed by atoms with E-state index in [1.165, 1.54) is 20.0 Å². The molecule has 0 saturated carbocycles. The Hall–Kier alpha value is -1.10. The second-order valence-corrected chi connectivity index (χ2v) is 6.95. The highest BCUT2D eigenvalue weighted by Crippen LogP contribution is 2.32. The van der Waals surface area contributed by atoms with Crippen molar-refractivity contribution in [3.63, 3.8) is 0 Å². The minimum atomic E-state index is -0.513. The van der Waals surface area contributed by atoms with Crippen LogP contribution >= 0.6 is 0 Å². The average Bonchev–Trinajstić information content (AvgIpc) is 2.75. The van der Waals surface area contributed by atoms with Crippen LogP contribution in [0.1, 0.15) is 52.4 Å². The predicted octanol–water partition coefficient (Wildman–Crippen LogP) is 1.61. The first kappa shape index (κ1) is 16.3. The maximum atomic E-state index is 12.2. The van der Waals surface area contributed by atoms with Crippen molar-refractivity contribution in [1.82, 2.24) is 10.6 Å². The first-order chi connectivity index (χ1) is 9.97. The first-order valence-corrected chi connectivity index (χ1v) is 8.11. The summed E-state index contributed by atoms with van der Waals surface area (Å²) < 4.78 is 4.78. The molecule has 2 fully saturated rings. The number of fused-ring (bicyclic) bond motifs is 2. The lowest BCUT2D eigenvalue weighted by Crippen LogP contribution is -2.44. The summed E-state index contributed by atoms with van der Waals surface area (Å²) in [6, 6.07) is 0.670. The van der Waals surface area contributed by atoms with Gasteiger partial charge in [-0.25, -0.2) is 4.79 Å². The molecule has 21 heavy (non-hydrogen) atoms. The normalized spacial score (nSPS) is 29.2. The number of methoxy groups -OCH3 is 1. The van der Waals surface area contributed by atoms with E-state index in [0.717, 1.165) is 12.8 Å². The Balaban J connectivity index is 1.82. The molecular weight excluding hydrogens is 268 g/mol. The zero-order valence-corrected chi connectivity index (χ0v) is 13.4. The molecule has 5 heteroatoms. The topological polar surface area (TPSA) is 67.4 Å². The fourth-order valence-corrected chi connectivity index (χ4v) is 3.68. The third-order valence-corrected chi connectivity index (χ3v) is 4.57. The van der Waals surface area contributed by atoms with E-state index < -0.39 is 6.04 Å². The van der Waals surface area contributed by atoms with E-state index in [1.807, 2.05) is 13.8 Å². The van der Waals surface area contributed by atoms with Crippen molar-refractivity contribution >= 4 is 11.9 Å². The van der Waals surface area contributed by atoms with Crippen LogP contribution < -0.4 is 10.6 Å². The summed E-state index contributed by atoms with van der Waals surface area (Å²) in [5.41, 5.74) is 0. The molecule has 5 nitrogen and oxygen atoms in total. The largest absolute Gasteiger partial charge is 0.467 e. The second kappa shape index (κ2) is 7.25. The first-order valence-electron chi connectivity index (χ1n) is 8.11. The van der Waals surface area contributed by atoms with Gasteiger partial charge in [0.25, 0.3) is 0 Å².